The minimum Gasteiger partial charge on any atom is -0.478 e. The van der Waals surface area contributed by atoms with Gasteiger partial charge in [0.2, 0.25) is 11.7 Å². The smallest absolute Gasteiger partial charge is 0.370 e. The third-order valence-corrected chi connectivity index (χ3v) is 7.24. The molecule has 1 aromatic carbocycles. The molecule has 0 aliphatic carbocycles. The second-order valence-electron chi connectivity index (χ2n) is 8.03. The van der Waals surface area contributed by atoms with Crippen molar-refractivity contribution in [2.45, 2.75) is 44.2 Å². The highest BCUT2D eigenvalue weighted by Gasteiger charge is 2.45. The van der Waals surface area contributed by atoms with Gasteiger partial charge in [-0.05, 0) is 50.1 Å². The van der Waals surface area contributed by atoms with Crippen LogP contribution in [0.25, 0.3) is 10.9 Å². The molecule has 0 radical (unpaired) electrons. The minimum atomic E-state index is -1.77. The molecule has 11 nitrogen and oxygen atoms in total. The molecule has 0 saturated heterocycles. The van der Waals surface area contributed by atoms with Crippen LogP contribution < -0.4 is 5.32 Å². The monoisotopic (exact) mass is 600 g/mol. The maximum Gasteiger partial charge on any atom is 0.370 e. The Morgan fingerprint density at radius 1 is 1.29 bits per heavy atom. The van der Waals surface area contributed by atoms with E-state index in [0.29, 0.717) is 19.8 Å². The van der Waals surface area contributed by atoms with Gasteiger partial charge in [-0.15, -0.1) is 0 Å². The highest BCUT2D eigenvalue weighted by atomic mass is 79.9. The number of nitrogens with one attached hydrogen (secondary N) is 1. The number of aliphatic hydroxyl groups excluding tert-OH is 3. The van der Waals surface area contributed by atoms with E-state index in [0.717, 1.165) is 0 Å². The highest BCUT2D eigenvalue weighted by Crippen LogP contribution is 2.35. The first kappa shape index (κ1) is 26.1. The van der Waals surface area contributed by atoms with Crippen LogP contribution >= 0.6 is 31.9 Å². The van der Waals surface area contributed by atoms with Gasteiger partial charge in [0.25, 0.3) is 0 Å². The molecule has 2 heterocycles. The van der Waals surface area contributed by atoms with Crippen molar-refractivity contribution in [2.24, 2.45) is 5.92 Å². The van der Waals surface area contributed by atoms with Gasteiger partial charge in [-0.2, -0.15) is 10.4 Å². The van der Waals surface area contributed by atoms with E-state index >= 15 is 0 Å². The van der Waals surface area contributed by atoms with Crippen LogP contribution in [0.3, 0.4) is 0 Å². The quantitative estimate of drug-likeness (QED) is 0.312. The van der Waals surface area contributed by atoms with E-state index in [-0.39, 0.29) is 5.69 Å². The van der Waals surface area contributed by atoms with E-state index in [9.17, 15) is 35.3 Å². The first-order valence-corrected chi connectivity index (χ1v) is 11.7. The van der Waals surface area contributed by atoms with E-state index in [1.807, 2.05) is 0 Å². The Morgan fingerprint density at radius 2 is 1.94 bits per heavy atom. The number of aliphatic carboxylic acids is 1. The molecule has 0 bridgehead atoms. The summed E-state index contributed by atoms with van der Waals surface area (Å²) in [6, 6.07) is 3.16. The SMILES string of the molecule is CC(C)C(=O)N[C@H]1[C@H]([C@H](O)[C@H](O)CO)OC(C(=O)O)=C[C@@H]1n1nc2cc(Br)c(Br)cc2c1C#N. The van der Waals surface area contributed by atoms with Gasteiger partial charge in [0.1, 0.15) is 30.1 Å². The van der Waals surface area contributed by atoms with Crippen LogP contribution in [0, 0.1) is 17.2 Å². The number of carbonyl (C=O) groups excluding carboxylic acids is 1. The Hall–Kier alpha value is -2.50. The van der Waals surface area contributed by atoms with Crippen LogP contribution in [-0.2, 0) is 14.3 Å². The first-order chi connectivity index (χ1) is 16.0. The van der Waals surface area contributed by atoms with Crippen molar-refractivity contribution in [1.82, 2.24) is 15.1 Å². The summed E-state index contributed by atoms with van der Waals surface area (Å²) in [7, 11) is 0. The standard InChI is InChI=1S/C21H22Br2N4O7/c1-8(2)20(31)25-17-13(5-16(21(32)33)34-19(17)18(30)15(29)7-28)27-14(6-24)9-3-10(22)11(23)4-12(9)26-27/h3-5,8,13,15,17-19,28-30H,7H2,1-2H3,(H,25,31)(H,32,33)/t13-,15+,17+,18+,19+/m0/s1. The number of nitrogens with zero attached hydrogens (tertiary/aromatic N) is 3. The van der Waals surface area contributed by atoms with Gasteiger partial charge < -0.3 is 30.5 Å². The molecule has 5 atom stereocenters. The normalized spacial score (nSPS) is 22.0. The lowest BCUT2D eigenvalue weighted by Crippen LogP contribution is -2.59. The molecule has 1 aliphatic heterocycles. The van der Waals surface area contributed by atoms with Gasteiger partial charge in [-0.1, -0.05) is 13.8 Å². The van der Waals surface area contributed by atoms with Crippen molar-refractivity contribution < 1.29 is 34.8 Å². The summed E-state index contributed by atoms with van der Waals surface area (Å²) in [5.74, 6) is -2.96. The molecule has 13 heteroatoms. The average molecular weight is 602 g/mol. The molecule has 34 heavy (non-hydrogen) atoms. The van der Waals surface area contributed by atoms with Crippen molar-refractivity contribution >= 4 is 54.6 Å². The van der Waals surface area contributed by atoms with E-state index in [4.69, 9.17) is 4.74 Å². The van der Waals surface area contributed by atoms with Crippen molar-refractivity contribution in [3.63, 3.8) is 0 Å². The van der Waals surface area contributed by atoms with Crippen LogP contribution in [0.15, 0.2) is 32.9 Å². The molecule has 1 aromatic heterocycles. The molecular formula is C21H22Br2N4O7. The number of hydrogen-bond donors (Lipinski definition) is 5. The number of ether oxygens (including phenoxy) is 1. The number of carboxylic acids is 1. The van der Waals surface area contributed by atoms with Gasteiger partial charge in [-0.25, -0.2) is 9.48 Å². The summed E-state index contributed by atoms with van der Waals surface area (Å²) in [6.07, 6.45) is -3.76. The van der Waals surface area contributed by atoms with Crippen LogP contribution in [0.4, 0.5) is 0 Å². The summed E-state index contributed by atoms with van der Waals surface area (Å²) < 4.78 is 8.04. The number of carbonyl (C=O) groups is 2. The molecular weight excluding hydrogens is 580 g/mol. The number of aromatic nitrogens is 2. The molecule has 2 aromatic rings. The largest absolute Gasteiger partial charge is 0.478 e. The van der Waals surface area contributed by atoms with Gasteiger partial charge in [0.15, 0.2) is 0 Å². The molecule has 0 saturated carbocycles. The first-order valence-electron chi connectivity index (χ1n) is 10.2. The Balaban J connectivity index is 2.25. The van der Waals surface area contributed by atoms with Crippen LogP contribution in [0.2, 0.25) is 0 Å². The van der Waals surface area contributed by atoms with Crippen LogP contribution in [-0.4, -0.2) is 73.0 Å². The van der Waals surface area contributed by atoms with Gasteiger partial charge in [0, 0.05) is 20.2 Å². The Bertz CT molecular complexity index is 1190. The number of benzene rings is 1. The maximum absolute atomic E-state index is 12.6. The predicted octanol–water partition coefficient (Wildman–Crippen LogP) is 1.20. The number of nitriles is 1. The van der Waals surface area contributed by atoms with Gasteiger partial charge in [-0.3, -0.25) is 4.79 Å². The number of rotatable bonds is 7. The zero-order valence-electron chi connectivity index (χ0n) is 18.0. The maximum atomic E-state index is 12.6. The highest BCUT2D eigenvalue weighted by molar-refractivity contribution is 9.13. The summed E-state index contributed by atoms with van der Waals surface area (Å²) >= 11 is 6.76. The van der Waals surface area contributed by atoms with Crippen LogP contribution in [0.5, 0.6) is 0 Å². The number of carboxylic acid groups (broad SMARTS) is 1. The number of hydrogen-bond acceptors (Lipinski definition) is 8. The van der Waals surface area contributed by atoms with Crippen molar-refractivity contribution in [2.75, 3.05) is 6.61 Å². The lowest BCUT2D eigenvalue weighted by Gasteiger charge is -2.40. The number of fused-ring (bicyclic) bond motifs is 1. The Kier molecular flexibility index (Phi) is 7.99. The number of aliphatic hydroxyl groups is 3. The molecule has 0 unspecified atom stereocenters. The minimum absolute atomic E-state index is 0.0795. The predicted molar refractivity (Wildman–Crippen MR) is 125 cm³/mol. The molecule has 5 N–H and O–H groups in total. The second-order valence-corrected chi connectivity index (χ2v) is 9.74. The van der Waals surface area contributed by atoms with Gasteiger partial charge >= 0.3 is 5.97 Å². The Morgan fingerprint density at radius 3 is 2.50 bits per heavy atom. The van der Waals surface area contributed by atoms with Crippen molar-refractivity contribution in [3.05, 3.63) is 38.6 Å². The van der Waals surface area contributed by atoms with E-state index in [1.54, 1.807) is 26.0 Å². The zero-order valence-corrected chi connectivity index (χ0v) is 21.2. The van der Waals surface area contributed by atoms with E-state index in [1.165, 1.54) is 10.8 Å². The van der Waals surface area contributed by atoms with Crippen molar-refractivity contribution in [1.29, 1.82) is 5.26 Å². The number of halogens is 2. The van der Waals surface area contributed by atoms with Crippen LogP contribution in [0.1, 0.15) is 25.6 Å². The van der Waals surface area contributed by atoms with E-state index in [2.05, 4.69) is 48.3 Å². The van der Waals surface area contributed by atoms with Crippen molar-refractivity contribution in [3.8, 4) is 6.07 Å². The summed E-state index contributed by atoms with van der Waals surface area (Å²) in [6.45, 7) is 2.44. The third-order valence-electron chi connectivity index (χ3n) is 5.40. The topological polar surface area (TPSA) is 178 Å². The fraction of sp³-hybridized carbons (Fsp3) is 0.429. The fourth-order valence-corrected chi connectivity index (χ4v) is 4.26. The third kappa shape index (κ3) is 4.96. The summed E-state index contributed by atoms with van der Waals surface area (Å²) in [5, 5.41) is 57.2. The second kappa shape index (κ2) is 10.4. The number of amides is 1. The lowest BCUT2D eigenvalue weighted by atomic mass is 9.91. The fourth-order valence-electron chi connectivity index (χ4n) is 3.59. The molecule has 182 valence electrons. The van der Waals surface area contributed by atoms with Gasteiger partial charge in [0.05, 0.1) is 24.2 Å². The molecule has 1 amide bonds. The Labute approximate surface area is 210 Å². The summed E-state index contributed by atoms with van der Waals surface area (Å²) in [5.41, 5.74) is 0.501. The lowest BCUT2D eigenvalue weighted by molar-refractivity contribution is -0.147. The molecule has 0 spiro atoms. The summed E-state index contributed by atoms with van der Waals surface area (Å²) in [4.78, 5) is 24.4. The molecule has 0 fully saturated rings. The average Bonchev–Trinajstić information content (AvgIpc) is 3.14. The van der Waals surface area contributed by atoms with E-state index < -0.39 is 60.6 Å². The molecule has 1 aliphatic rings. The molecule has 3 rings (SSSR count). The zero-order chi connectivity index (χ0) is 25.3.